The largest absolute Gasteiger partial charge is 0.462 e. The molecule has 3 fully saturated rings. The van der Waals surface area contributed by atoms with Crippen LogP contribution in [0.25, 0.3) is 0 Å². The Labute approximate surface area is 156 Å². The highest BCUT2D eigenvalue weighted by atomic mass is 16.5. The van der Waals surface area contributed by atoms with Gasteiger partial charge < -0.3 is 4.74 Å². The summed E-state index contributed by atoms with van der Waals surface area (Å²) in [6.45, 7) is 6.40. The normalized spacial score (nSPS) is 33.9. The minimum absolute atomic E-state index is 0.0897. The molecule has 2 nitrogen and oxygen atoms in total. The highest BCUT2D eigenvalue weighted by Crippen LogP contribution is 2.40. The summed E-state index contributed by atoms with van der Waals surface area (Å²) in [7, 11) is 0. The lowest BCUT2D eigenvalue weighted by atomic mass is 9.71. The van der Waals surface area contributed by atoms with E-state index in [-0.39, 0.29) is 12.1 Å². The molecule has 0 atom stereocenters. The van der Waals surface area contributed by atoms with Crippen LogP contribution in [0.4, 0.5) is 0 Å². The molecule has 0 aliphatic heterocycles. The molecule has 2 heteroatoms. The molecule has 0 bridgehead atoms. The summed E-state index contributed by atoms with van der Waals surface area (Å²) < 4.78 is 5.81. The van der Waals surface area contributed by atoms with E-state index in [1.54, 1.807) is 0 Å². The molecular formula is C23H42O2. The maximum Gasteiger partial charge on any atom is 0.306 e. The van der Waals surface area contributed by atoms with Crippen molar-refractivity contribution in [1.29, 1.82) is 0 Å². The van der Waals surface area contributed by atoms with Gasteiger partial charge in [-0.05, 0) is 75.0 Å². The fraction of sp³-hybridized carbons (Fsp3) is 0.957. The topological polar surface area (TPSA) is 26.3 Å². The van der Waals surface area contributed by atoms with E-state index in [0.29, 0.717) is 12.3 Å². The standard InChI is InChI=1S/C21H36O2.C2H6/c1-16-7-9-18(10-8-16)19-11-13-20(14-12-19)23-21(22)15-17-5-3-2-4-6-17;1-2/h16-20H,2-15H2,1H3;1-2H3. The van der Waals surface area contributed by atoms with Gasteiger partial charge in [0.05, 0.1) is 0 Å². The molecule has 146 valence electrons. The second-order valence-electron chi connectivity index (χ2n) is 8.75. The van der Waals surface area contributed by atoms with Crippen LogP contribution in [0.3, 0.4) is 0 Å². The van der Waals surface area contributed by atoms with Gasteiger partial charge in [0.25, 0.3) is 0 Å². The lowest BCUT2D eigenvalue weighted by Gasteiger charge is -2.37. The van der Waals surface area contributed by atoms with Crippen LogP contribution >= 0.6 is 0 Å². The highest BCUT2D eigenvalue weighted by Gasteiger charge is 2.31. The van der Waals surface area contributed by atoms with E-state index in [2.05, 4.69) is 6.92 Å². The number of hydrogen-bond donors (Lipinski definition) is 0. The van der Waals surface area contributed by atoms with Crippen molar-refractivity contribution in [1.82, 2.24) is 0 Å². The second kappa shape index (κ2) is 11.2. The van der Waals surface area contributed by atoms with E-state index >= 15 is 0 Å². The van der Waals surface area contributed by atoms with Gasteiger partial charge in [0, 0.05) is 6.42 Å². The number of hydrogen-bond acceptors (Lipinski definition) is 2. The molecule has 3 rings (SSSR count). The minimum Gasteiger partial charge on any atom is -0.462 e. The third-order valence-corrected chi connectivity index (χ3v) is 6.92. The summed E-state index contributed by atoms with van der Waals surface area (Å²) in [5.74, 6) is 3.52. The fourth-order valence-corrected chi connectivity index (χ4v) is 5.30. The van der Waals surface area contributed by atoms with Crippen LogP contribution in [-0.2, 0) is 9.53 Å². The maximum atomic E-state index is 12.2. The van der Waals surface area contributed by atoms with Crippen LogP contribution in [0, 0.1) is 23.7 Å². The van der Waals surface area contributed by atoms with Gasteiger partial charge >= 0.3 is 5.97 Å². The smallest absolute Gasteiger partial charge is 0.306 e. The number of carbonyl (C=O) groups is 1. The lowest BCUT2D eigenvalue weighted by molar-refractivity contribution is -0.152. The number of rotatable bonds is 4. The van der Waals surface area contributed by atoms with Crippen molar-refractivity contribution in [2.45, 2.75) is 117 Å². The number of ether oxygens (including phenoxy) is 1. The predicted molar refractivity (Wildman–Crippen MR) is 106 cm³/mol. The summed E-state index contributed by atoms with van der Waals surface area (Å²) in [4.78, 5) is 12.2. The predicted octanol–water partition coefficient (Wildman–Crippen LogP) is 6.91. The van der Waals surface area contributed by atoms with Crippen LogP contribution in [0.2, 0.25) is 0 Å². The molecule has 3 aliphatic rings. The van der Waals surface area contributed by atoms with Gasteiger partial charge in [-0.1, -0.05) is 52.9 Å². The van der Waals surface area contributed by atoms with Crippen molar-refractivity contribution in [2.75, 3.05) is 0 Å². The third kappa shape index (κ3) is 6.94. The van der Waals surface area contributed by atoms with Gasteiger partial charge in [-0.3, -0.25) is 4.79 Å². The first-order valence-corrected chi connectivity index (χ1v) is 11.4. The molecule has 3 aliphatic carbocycles. The molecule has 0 aromatic carbocycles. The summed E-state index contributed by atoms with van der Waals surface area (Å²) in [5, 5.41) is 0. The summed E-state index contributed by atoms with van der Waals surface area (Å²) in [6, 6.07) is 0. The molecular weight excluding hydrogens is 308 g/mol. The average molecular weight is 351 g/mol. The van der Waals surface area contributed by atoms with Gasteiger partial charge in [-0.2, -0.15) is 0 Å². The minimum atomic E-state index is 0.0897. The fourth-order valence-electron chi connectivity index (χ4n) is 5.30. The Balaban J connectivity index is 0.00000109. The highest BCUT2D eigenvalue weighted by molar-refractivity contribution is 5.69. The Morgan fingerprint density at radius 2 is 1.28 bits per heavy atom. The zero-order chi connectivity index (χ0) is 18.1. The summed E-state index contributed by atoms with van der Waals surface area (Å²) in [6.07, 6.45) is 17.9. The first-order valence-electron chi connectivity index (χ1n) is 11.4. The van der Waals surface area contributed by atoms with E-state index < -0.39 is 0 Å². The van der Waals surface area contributed by atoms with Gasteiger partial charge in [0.1, 0.15) is 6.10 Å². The number of esters is 1. The Morgan fingerprint density at radius 1 is 0.760 bits per heavy atom. The van der Waals surface area contributed by atoms with Crippen LogP contribution < -0.4 is 0 Å². The Hall–Kier alpha value is -0.530. The molecule has 0 aromatic rings. The van der Waals surface area contributed by atoms with Crippen molar-refractivity contribution in [3.63, 3.8) is 0 Å². The molecule has 25 heavy (non-hydrogen) atoms. The maximum absolute atomic E-state index is 12.2. The third-order valence-electron chi connectivity index (χ3n) is 6.92. The molecule has 0 radical (unpaired) electrons. The number of carbonyl (C=O) groups excluding carboxylic acids is 1. The second-order valence-corrected chi connectivity index (χ2v) is 8.75. The molecule has 0 spiro atoms. The van der Waals surface area contributed by atoms with Crippen molar-refractivity contribution in [2.24, 2.45) is 23.7 Å². The van der Waals surface area contributed by atoms with Crippen molar-refractivity contribution < 1.29 is 9.53 Å². The first-order chi connectivity index (χ1) is 12.2. The van der Waals surface area contributed by atoms with Crippen LogP contribution in [0.5, 0.6) is 0 Å². The Kier molecular flexibility index (Phi) is 9.34. The molecule has 3 saturated carbocycles. The molecule has 0 saturated heterocycles. The van der Waals surface area contributed by atoms with E-state index in [0.717, 1.165) is 30.6 Å². The molecule has 0 heterocycles. The van der Waals surface area contributed by atoms with Gasteiger partial charge in [0.2, 0.25) is 0 Å². The Morgan fingerprint density at radius 3 is 1.84 bits per heavy atom. The van der Waals surface area contributed by atoms with Gasteiger partial charge in [-0.15, -0.1) is 0 Å². The summed E-state index contributed by atoms with van der Waals surface area (Å²) >= 11 is 0. The molecule has 0 unspecified atom stereocenters. The van der Waals surface area contributed by atoms with Gasteiger partial charge in [0.15, 0.2) is 0 Å². The Bertz CT molecular complexity index is 356. The SMILES string of the molecule is CC.CC1CCC(C2CCC(OC(=O)CC3CCCCC3)CC2)CC1. The van der Waals surface area contributed by atoms with Crippen molar-refractivity contribution in [3.8, 4) is 0 Å². The van der Waals surface area contributed by atoms with Crippen molar-refractivity contribution in [3.05, 3.63) is 0 Å². The van der Waals surface area contributed by atoms with E-state index in [9.17, 15) is 4.79 Å². The van der Waals surface area contributed by atoms with E-state index in [1.165, 1.54) is 70.6 Å². The lowest BCUT2D eigenvalue weighted by Crippen LogP contribution is -2.30. The van der Waals surface area contributed by atoms with Crippen LogP contribution in [0.1, 0.15) is 111 Å². The van der Waals surface area contributed by atoms with Crippen molar-refractivity contribution >= 4 is 5.97 Å². The zero-order valence-corrected chi connectivity index (χ0v) is 17.1. The van der Waals surface area contributed by atoms with E-state index in [1.807, 2.05) is 13.8 Å². The monoisotopic (exact) mass is 350 g/mol. The van der Waals surface area contributed by atoms with E-state index in [4.69, 9.17) is 4.74 Å². The summed E-state index contributed by atoms with van der Waals surface area (Å²) in [5.41, 5.74) is 0. The quantitative estimate of drug-likeness (QED) is 0.515. The van der Waals surface area contributed by atoms with Crippen LogP contribution in [0.15, 0.2) is 0 Å². The first kappa shape index (κ1) is 20.8. The average Bonchev–Trinajstić information content (AvgIpc) is 2.65. The molecule has 0 amide bonds. The van der Waals surface area contributed by atoms with Crippen LogP contribution in [-0.4, -0.2) is 12.1 Å². The molecule has 0 N–H and O–H groups in total. The molecule has 0 aromatic heterocycles. The zero-order valence-electron chi connectivity index (χ0n) is 17.1. The van der Waals surface area contributed by atoms with Gasteiger partial charge in [-0.25, -0.2) is 0 Å².